The largest absolute Gasteiger partial charge is 0.508 e. The van der Waals surface area contributed by atoms with Crippen LogP contribution in [0.25, 0.3) is 0 Å². The monoisotopic (exact) mass is 335 g/mol. The summed E-state index contributed by atoms with van der Waals surface area (Å²) in [6, 6.07) is 19.5. The highest BCUT2D eigenvalue weighted by atomic mass is 16.5. The zero-order valence-electron chi connectivity index (χ0n) is 13.6. The molecule has 1 amide bonds. The van der Waals surface area contributed by atoms with Crippen LogP contribution < -0.4 is 9.64 Å². The number of phenols is 2. The lowest BCUT2D eigenvalue weighted by Gasteiger charge is -2.23. The van der Waals surface area contributed by atoms with Crippen molar-refractivity contribution in [3.8, 4) is 17.2 Å². The Hall–Kier alpha value is -3.47. The third kappa shape index (κ3) is 3.55. The Morgan fingerprint density at radius 2 is 1.20 bits per heavy atom. The molecule has 0 spiro atoms. The Morgan fingerprint density at radius 3 is 1.68 bits per heavy atom. The van der Waals surface area contributed by atoms with E-state index >= 15 is 0 Å². The molecule has 0 fully saturated rings. The van der Waals surface area contributed by atoms with Gasteiger partial charge < -0.3 is 14.9 Å². The van der Waals surface area contributed by atoms with Crippen LogP contribution in [-0.4, -0.2) is 23.2 Å². The fourth-order valence-electron chi connectivity index (χ4n) is 2.45. The Morgan fingerprint density at radius 1 is 0.760 bits per heavy atom. The van der Waals surface area contributed by atoms with Crippen LogP contribution in [0.3, 0.4) is 0 Å². The first-order valence-corrected chi connectivity index (χ1v) is 7.65. The molecule has 3 aromatic rings. The zero-order valence-corrected chi connectivity index (χ0v) is 13.6. The summed E-state index contributed by atoms with van der Waals surface area (Å²) in [6.45, 7) is 0. The van der Waals surface area contributed by atoms with E-state index in [0.29, 0.717) is 22.7 Å². The van der Waals surface area contributed by atoms with E-state index < -0.39 is 0 Å². The van der Waals surface area contributed by atoms with E-state index in [-0.39, 0.29) is 17.4 Å². The quantitative estimate of drug-likeness (QED) is 0.753. The van der Waals surface area contributed by atoms with Gasteiger partial charge in [0, 0.05) is 16.9 Å². The highest BCUT2D eigenvalue weighted by Gasteiger charge is 2.20. The Balaban J connectivity index is 2.05. The summed E-state index contributed by atoms with van der Waals surface area (Å²) in [7, 11) is 1.58. The van der Waals surface area contributed by atoms with Crippen LogP contribution in [0.1, 0.15) is 10.4 Å². The second-order valence-electron chi connectivity index (χ2n) is 5.40. The number of benzene rings is 3. The predicted molar refractivity (Wildman–Crippen MR) is 95.7 cm³/mol. The van der Waals surface area contributed by atoms with Gasteiger partial charge in [-0.1, -0.05) is 0 Å². The SMILES string of the molecule is COc1ccc(N(C(=O)c2ccc(O)cc2)c2ccc(O)cc2)cc1. The van der Waals surface area contributed by atoms with Crippen molar-refractivity contribution in [2.24, 2.45) is 0 Å². The predicted octanol–water partition coefficient (Wildman–Crippen LogP) is 4.08. The van der Waals surface area contributed by atoms with E-state index in [2.05, 4.69) is 0 Å². The van der Waals surface area contributed by atoms with E-state index in [1.54, 1.807) is 55.6 Å². The Labute approximate surface area is 145 Å². The second kappa shape index (κ2) is 6.97. The summed E-state index contributed by atoms with van der Waals surface area (Å²) in [5.74, 6) is 0.648. The molecule has 0 aromatic heterocycles. The fraction of sp³-hybridized carbons (Fsp3) is 0.0500. The molecular weight excluding hydrogens is 318 g/mol. The minimum absolute atomic E-state index is 0.0946. The molecule has 0 bridgehead atoms. The molecule has 0 aliphatic heterocycles. The molecule has 0 aliphatic carbocycles. The number of anilines is 2. The van der Waals surface area contributed by atoms with Gasteiger partial charge in [0.1, 0.15) is 17.2 Å². The number of aromatic hydroxyl groups is 2. The van der Waals surface area contributed by atoms with E-state index in [0.717, 1.165) is 0 Å². The molecular formula is C20H17NO4. The van der Waals surface area contributed by atoms with Gasteiger partial charge >= 0.3 is 0 Å². The molecule has 0 aliphatic rings. The van der Waals surface area contributed by atoms with Crippen molar-refractivity contribution in [3.05, 3.63) is 78.4 Å². The number of carbonyl (C=O) groups is 1. The molecule has 126 valence electrons. The van der Waals surface area contributed by atoms with Gasteiger partial charge in [-0.25, -0.2) is 0 Å². The number of hydrogen-bond acceptors (Lipinski definition) is 4. The summed E-state index contributed by atoms with van der Waals surface area (Å²) >= 11 is 0. The lowest BCUT2D eigenvalue weighted by atomic mass is 10.1. The van der Waals surface area contributed by atoms with Crippen LogP contribution in [0.2, 0.25) is 0 Å². The molecule has 5 heteroatoms. The average molecular weight is 335 g/mol. The van der Waals surface area contributed by atoms with Crippen LogP contribution >= 0.6 is 0 Å². The second-order valence-corrected chi connectivity index (χ2v) is 5.40. The van der Waals surface area contributed by atoms with Gasteiger partial charge in [-0.15, -0.1) is 0 Å². The molecule has 0 radical (unpaired) electrons. The molecule has 0 saturated carbocycles. The van der Waals surface area contributed by atoms with Crippen LogP contribution in [0, 0.1) is 0 Å². The summed E-state index contributed by atoms with van der Waals surface area (Å²) < 4.78 is 5.16. The fourth-order valence-corrected chi connectivity index (χ4v) is 2.45. The van der Waals surface area contributed by atoms with Gasteiger partial charge in [0.15, 0.2) is 0 Å². The average Bonchev–Trinajstić information content (AvgIpc) is 2.64. The highest BCUT2D eigenvalue weighted by molar-refractivity contribution is 6.11. The Kier molecular flexibility index (Phi) is 4.57. The van der Waals surface area contributed by atoms with Crippen LogP contribution in [0.4, 0.5) is 11.4 Å². The van der Waals surface area contributed by atoms with Gasteiger partial charge in [-0.3, -0.25) is 9.69 Å². The highest BCUT2D eigenvalue weighted by Crippen LogP contribution is 2.30. The van der Waals surface area contributed by atoms with Crippen LogP contribution in [0.5, 0.6) is 17.2 Å². The molecule has 0 atom stereocenters. The molecule has 3 aromatic carbocycles. The number of rotatable bonds is 4. The van der Waals surface area contributed by atoms with Gasteiger partial charge in [0.2, 0.25) is 0 Å². The van der Waals surface area contributed by atoms with Gasteiger partial charge in [0.05, 0.1) is 7.11 Å². The lowest BCUT2D eigenvalue weighted by Crippen LogP contribution is -2.25. The first-order valence-electron chi connectivity index (χ1n) is 7.65. The standard InChI is InChI=1S/C20H17NO4/c1-25-19-12-6-16(7-13-19)21(15-4-10-18(23)11-5-15)20(24)14-2-8-17(22)9-3-14/h2-13,22-23H,1H3. The van der Waals surface area contributed by atoms with E-state index in [1.165, 1.54) is 29.2 Å². The minimum atomic E-state index is -0.254. The third-order valence-corrected chi connectivity index (χ3v) is 3.76. The van der Waals surface area contributed by atoms with E-state index in [9.17, 15) is 15.0 Å². The van der Waals surface area contributed by atoms with Crippen molar-refractivity contribution in [1.82, 2.24) is 0 Å². The van der Waals surface area contributed by atoms with Crippen molar-refractivity contribution in [1.29, 1.82) is 0 Å². The van der Waals surface area contributed by atoms with Crippen molar-refractivity contribution >= 4 is 17.3 Å². The molecule has 0 saturated heterocycles. The van der Waals surface area contributed by atoms with Crippen molar-refractivity contribution in [2.75, 3.05) is 12.0 Å². The third-order valence-electron chi connectivity index (χ3n) is 3.76. The molecule has 0 unspecified atom stereocenters. The number of hydrogen-bond donors (Lipinski definition) is 2. The maximum absolute atomic E-state index is 13.0. The number of carbonyl (C=O) groups excluding carboxylic acids is 1. The number of amides is 1. The molecule has 2 N–H and O–H groups in total. The van der Waals surface area contributed by atoms with Crippen molar-refractivity contribution in [2.45, 2.75) is 0 Å². The molecule has 0 heterocycles. The maximum Gasteiger partial charge on any atom is 0.262 e. The molecule has 3 rings (SSSR count). The number of methoxy groups -OCH3 is 1. The van der Waals surface area contributed by atoms with E-state index in [4.69, 9.17) is 4.74 Å². The number of nitrogens with zero attached hydrogens (tertiary/aromatic N) is 1. The lowest BCUT2D eigenvalue weighted by molar-refractivity contribution is 0.0999. The van der Waals surface area contributed by atoms with Gasteiger partial charge in [-0.2, -0.15) is 0 Å². The summed E-state index contributed by atoms with van der Waals surface area (Å²) in [5.41, 5.74) is 1.70. The normalized spacial score (nSPS) is 10.3. The first kappa shape index (κ1) is 16.4. The zero-order chi connectivity index (χ0) is 17.8. The number of ether oxygens (including phenoxy) is 1. The van der Waals surface area contributed by atoms with E-state index in [1.807, 2.05) is 0 Å². The minimum Gasteiger partial charge on any atom is -0.508 e. The Bertz CT molecular complexity index is 856. The molecule has 5 nitrogen and oxygen atoms in total. The van der Waals surface area contributed by atoms with Crippen molar-refractivity contribution in [3.63, 3.8) is 0 Å². The summed E-state index contributed by atoms with van der Waals surface area (Å²) in [4.78, 5) is 14.6. The summed E-state index contributed by atoms with van der Waals surface area (Å²) in [6.07, 6.45) is 0. The smallest absolute Gasteiger partial charge is 0.262 e. The summed E-state index contributed by atoms with van der Waals surface area (Å²) in [5, 5.41) is 18.9. The van der Waals surface area contributed by atoms with Gasteiger partial charge in [-0.05, 0) is 72.8 Å². The van der Waals surface area contributed by atoms with Crippen LogP contribution in [-0.2, 0) is 0 Å². The topological polar surface area (TPSA) is 70.0 Å². The van der Waals surface area contributed by atoms with Crippen LogP contribution in [0.15, 0.2) is 72.8 Å². The number of phenolic OH excluding ortho intramolecular Hbond substituents is 2. The molecule has 25 heavy (non-hydrogen) atoms. The van der Waals surface area contributed by atoms with Crippen molar-refractivity contribution < 1.29 is 19.7 Å². The maximum atomic E-state index is 13.0. The van der Waals surface area contributed by atoms with Gasteiger partial charge in [0.25, 0.3) is 5.91 Å². The first-order chi connectivity index (χ1) is 12.1.